The molecule has 0 amide bonds. The molecule has 0 aromatic heterocycles. The summed E-state index contributed by atoms with van der Waals surface area (Å²) in [5, 5.41) is 8.49. The van der Waals surface area contributed by atoms with Crippen LogP contribution in [0.25, 0.3) is 0 Å². The molecule has 0 spiro atoms. The lowest BCUT2D eigenvalue weighted by Gasteiger charge is -2.35. The third-order valence-corrected chi connectivity index (χ3v) is 4.43. The highest BCUT2D eigenvalue weighted by Gasteiger charge is 2.32. The summed E-state index contributed by atoms with van der Waals surface area (Å²) >= 11 is 0. The van der Waals surface area contributed by atoms with Gasteiger partial charge in [0.25, 0.3) is 0 Å². The first kappa shape index (κ1) is 13.4. The highest BCUT2D eigenvalue weighted by Crippen LogP contribution is 2.16. The SMILES string of the molecule is CC1CN(S(=O)(=O)CCC(=O)O)C(C)CO1. The van der Waals surface area contributed by atoms with Crippen molar-refractivity contribution in [3.63, 3.8) is 0 Å². The first-order valence-electron chi connectivity index (χ1n) is 5.16. The van der Waals surface area contributed by atoms with E-state index >= 15 is 0 Å². The summed E-state index contributed by atoms with van der Waals surface area (Å²) in [5.41, 5.74) is 0. The second-order valence-electron chi connectivity index (χ2n) is 4.02. The van der Waals surface area contributed by atoms with Gasteiger partial charge in [0, 0.05) is 12.6 Å². The van der Waals surface area contributed by atoms with Crippen LogP contribution >= 0.6 is 0 Å². The molecule has 1 heterocycles. The van der Waals surface area contributed by atoms with Crippen LogP contribution in [0.2, 0.25) is 0 Å². The Kier molecular flexibility index (Phi) is 4.28. The van der Waals surface area contributed by atoms with Gasteiger partial charge in [0.05, 0.1) is 24.9 Å². The topological polar surface area (TPSA) is 83.9 Å². The Labute approximate surface area is 95.2 Å². The van der Waals surface area contributed by atoms with Crippen molar-refractivity contribution in [3.05, 3.63) is 0 Å². The van der Waals surface area contributed by atoms with Gasteiger partial charge in [-0.2, -0.15) is 4.31 Å². The largest absolute Gasteiger partial charge is 0.481 e. The first-order valence-corrected chi connectivity index (χ1v) is 6.77. The van der Waals surface area contributed by atoms with Crippen LogP contribution in [0.15, 0.2) is 0 Å². The maximum atomic E-state index is 11.9. The average molecular weight is 251 g/mol. The lowest BCUT2D eigenvalue weighted by molar-refractivity contribution is -0.136. The van der Waals surface area contributed by atoms with E-state index in [1.807, 2.05) is 0 Å². The van der Waals surface area contributed by atoms with Crippen LogP contribution in [0.4, 0.5) is 0 Å². The number of nitrogens with zero attached hydrogens (tertiary/aromatic N) is 1. The minimum absolute atomic E-state index is 0.143. The third kappa shape index (κ3) is 3.43. The Morgan fingerprint density at radius 1 is 1.50 bits per heavy atom. The molecule has 1 aliphatic rings. The number of rotatable bonds is 4. The van der Waals surface area contributed by atoms with Gasteiger partial charge in [-0.1, -0.05) is 0 Å². The fourth-order valence-electron chi connectivity index (χ4n) is 1.59. The van der Waals surface area contributed by atoms with E-state index in [0.29, 0.717) is 13.2 Å². The van der Waals surface area contributed by atoms with Gasteiger partial charge >= 0.3 is 5.97 Å². The molecule has 0 bridgehead atoms. The second kappa shape index (κ2) is 5.11. The molecule has 6 nitrogen and oxygen atoms in total. The molecule has 1 aliphatic heterocycles. The molecule has 1 fully saturated rings. The molecular formula is C9H17NO5S. The number of hydrogen-bond donors (Lipinski definition) is 1. The Hall–Kier alpha value is -0.660. The molecule has 16 heavy (non-hydrogen) atoms. The zero-order chi connectivity index (χ0) is 12.3. The van der Waals surface area contributed by atoms with E-state index in [1.54, 1.807) is 13.8 Å². The van der Waals surface area contributed by atoms with E-state index in [-0.39, 0.29) is 24.3 Å². The zero-order valence-corrected chi connectivity index (χ0v) is 10.2. The van der Waals surface area contributed by atoms with Gasteiger partial charge in [-0.3, -0.25) is 4.79 Å². The van der Waals surface area contributed by atoms with Crippen molar-refractivity contribution in [1.82, 2.24) is 4.31 Å². The van der Waals surface area contributed by atoms with Crippen molar-refractivity contribution in [2.45, 2.75) is 32.4 Å². The van der Waals surface area contributed by atoms with Gasteiger partial charge < -0.3 is 9.84 Å². The van der Waals surface area contributed by atoms with Gasteiger partial charge in [-0.15, -0.1) is 0 Å². The number of morpholine rings is 1. The minimum Gasteiger partial charge on any atom is -0.481 e. The normalized spacial score (nSPS) is 27.9. The van der Waals surface area contributed by atoms with Crippen molar-refractivity contribution >= 4 is 16.0 Å². The van der Waals surface area contributed by atoms with Crippen LogP contribution in [0.5, 0.6) is 0 Å². The summed E-state index contributed by atoms with van der Waals surface area (Å²) in [5.74, 6) is -1.45. The maximum Gasteiger partial charge on any atom is 0.304 e. The molecule has 2 atom stereocenters. The van der Waals surface area contributed by atoms with E-state index in [4.69, 9.17) is 9.84 Å². The smallest absolute Gasteiger partial charge is 0.304 e. The lowest BCUT2D eigenvalue weighted by Crippen LogP contribution is -2.50. The highest BCUT2D eigenvalue weighted by atomic mass is 32.2. The molecule has 0 saturated carbocycles. The second-order valence-corrected chi connectivity index (χ2v) is 6.06. The number of hydrogen-bond acceptors (Lipinski definition) is 4. The fourth-order valence-corrected chi connectivity index (χ4v) is 3.31. The van der Waals surface area contributed by atoms with E-state index in [1.165, 1.54) is 4.31 Å². The first-order chi connectivity index (χ1) is 7.33. The lowest BCUT2D eigenvalue weighted by atomic mass is 10.2. The number of ether oxygens (including phenoxy) is 1. The molecule has 0 aliphatic carbocycles. The predicted molar refractivity (Wildman–Crippen MR) is 57.6 cm³/mol. The summed E-state index contributed by atoms with van der Waals surface area (Å²) in [6.07, 6.45) is -0.503. The van der Waals surface area contributed by atoms with E-state index in [0.717, 1.165) is 0 Å². The summed E-state index contributed by atoms with van der Waals surface area (Å²) in [6.45, 7) is 4.20. The van der Waals surface area contributed by atoms with Crippen LogP contribution in [-0.4, -0.2) is 54.8 Å². The number of aliphatic carboxylic acids is 1. The Balaban J connectivity index is 2.69. The van der Waals surface area contributed by atoms with Crippen LogP contribution in [0, 0.1) is 0 Å². The molecule has 1 saturated heterocycles. The summed E-state index contributed by atoms with van der Waals surface area (Å²) in [4.78, 5) is 10.4. The number of sulfonamides is 1. The van der Waals surface area contributed by atoms with Gasteiger partial charge in [0.2, 0.25) is 10.0 Å². The summed E-state index contributed by atoms with van der Waals surface area (Å²) in [6, 6.07) is -0.227. The number of carboxylic acids is 1. The maximum absolute atomic E-state index is 11.9. The zero-order valence-electron chi connectivity index (χ0n) is 9.42. The van der Waals surface area contributed by atoms with Crippen LogP contribution in [-0.2, 0) is 19.6 Å². The molecule has 94 valence electrons. The van der Waals surface area contributed by atoms with E-state index in [2.05, 4.69) is 0 Å². The fraction of sp³-hybridized carbons (Fsp3) is 0.889. The van der Waals surface area contributed by atoms with Gasteiger partial charge in [-0.25, -0.2) is 8.42 Å². The summed E-state index contributed by atoms with van der Waals surface area (Å²) in [7, 11) is -3.49. The average Bonchev–Trinajstić information content (AvgIpc) is 2.19. The number of carbonyl (C=O) groups is 1. The third-order valence-electron chi connectivity index (χ3n) is 2.48. The monoisotopic (exact) mass is 251 g/mol. The van der Waals surface area contributed by atoms with Crippen molar-refractivity contribution < 1.29 is 23.1 Å². The van der Waals surface area contributed by atoms with Crippen molar-refractivity contribution in [2.75, 3.05) is 18.9 Å². The van der Waals surface area contributed by atoms with Crippen LogP contribution in [0.1, 0.15) is 20.3 Å². The molecule has 1 rings (SSSR count). The highest BCUT2D eigenvalue weighted by molar-refractivity contribution is 7.89. The molecule has 2 unspecified atom stereocenters. The van der Waals surface area contributed by atoms with Gasteiger partial charge in [-0.05, 0) is 13.8 Å². The molecule has 0 radical (unpaired) electrons. The minimum atomic E-state index is -3.49. The molecule has 7 heteroatoms. The molecule has 0 aromatic rings. The van der Waals surface area contributed by atoms with Crippen molar-refractivity contribution in [2.24, 2.45) is 0 Å². The molecular weight excluding hydrogens is 234 g/mol. The number of carboxylic acid groups (broad SMARTS) is 1. The van der Waals surface area contributed by atoms with Crippen LogP contribution in [0.3, 0.4) is 0 Å². The Bertz CT molecular complexity index is 353. The molecule has 0 aromatic carbocycles. The van der Waals surface area contributed by atoms with Crippen LogP contribution < -0.4 is 0 Å². The predicted octanol–water partition coefficient (Wildman–Crippen LogP) is -0.0999. The standard InChI is InChI=1S/C9H17NO5S/c1-7-6-15-8(2)5-10(7)16(13,14)4-3-9(11)12/h7-8H,3-6H2,1-2H3,(H,11,12). The van der Waals surface area contributed by atoms with Crippen molar-refractivity contribution in [1.29, 1.82) is 0 Å². The quantitative estimate of drug-likeness (QED) is 0.754. The van der Waals surface area contributed by atoms with E-state index in [9.17, 15) is 13.2 Å². The van der Waals surface area contributed by atoms with Crippen molar-refractivity contribution in [3.8, 4) is 0 Å². The Morgan fingerprint density at radius 2 is 2.12 bits per heavy atom. The Morgan fingerprint density at radius 3 is 2.69 bits per heavy atom. The van der Waals surface area contributed by atoms with E-state index < -0.39 is 16.0 Å². The molecule has 1 N–H and O–H groups in total. The summed E-state index contributed by atoms with van der Waals surface area (Å²) < 4.78 is 30.4. The van der Waals surface area contributed by atoms with Gasteiger partial charge in [0.15, 0.2) is 0 Å². The van der Waals surface area contributed by atoms with Gasteiger partial charge in [0.1, 0.15) is 0 Å².